The number of rotatable bonds is 9. The van der Waals surface area contributed by atoms with Crippen LogP contribution in [0, 0.1) is 11.7 Å². The van der Waals surface area contributed by atoms with E-state index in [2.05, 4.69) is 15.4 Å². The Morgan fingerprint density at radius 3 is 2.60 bits per heavy atom. The number of carbonyl (C=O) groups is 6. The largest absolute Gasteiger partial charge is 0.481 e. The van der Waals surface area contributed by atoms with Gasteiger partial charge in [-0.15, -0.1) is 0 Å². The van der Waals surface area contributed by atoms with Gasteiger partial charge in [0.25, 0.3) is 5.91 Å². The van der Waals surface area contributed by atoms with Gasteiger partial charge in [-0.2, -0.15) is 0 Å². The Kier molecular flexibility index (Phi) is 11.1. The van der Waals surface area contributed by atoms with Crippen LogP contribution in [0.3, 0.4) is 0 Å². The third kappa shape index (κ3) is 8.64. The number of nitrogens with two attached hydrogens (primary N) is 1. The molecule has 6 N–H and O–H groups in total. The number of nitrogens with one attached hydrogen (secondary N) is 3. The van der Waals surface area contributed by atoms with Crippen molar-refractivity contribution in [1.29, 1.82) is 0 Å². The van der Waals surface area contributed by atoms with Crippen LogP contribution < -0.4 is 21.1 Å². The Morgan fingerprint density at radius 2 is 1.89 bits per heavy atom. The maximum atomic E-state index is 14.4. The summed E-state index contributed by atoms with van der Waals surface area (Å²) in [4.78, 5) is 82.0. The molecule has 5 amide bonds. The second-order valence-corrected chi connectivity index (χ2v) is 16.6. The Bertz CT molecular complexity index is 1800. The molecule has 3 fully saturated rings. The fourth-order valence-corrected chi connectivity index (χ4v) is 8.63. The lowest BCUT2D eigenvalue weighted by atomic mass is 10.0. The summed E-state index contributed by atoms with van der Waals surface area (Å²) < 4.78 is 47.8. The van der Waals surface area contributed by atoms with Crippen LogP contribution in [0.4, 0.5) is 9.18 Å². The Hall–Kier alpha value is -4.58. The van der Waals surface area contributed by atoms with Gasteiger partial charge >= 0.3 is 12.1 Å². The van der Waals surface area contributed by atoms with Crippen molar-refractivity contribution in [3.63, 3.8) is 0 Å². The number of hydrogen-bond acceptors (Lipinski definition) is 10. The van der Waals surface area contributed by atoms with Gasteiger partial charge in [-0.05, 0) is 56.6 Å². The van der Waals surface area contributed by atoms with E-state index in [4.69, 9.17) is 15.6 Å². The summed E-state index contributed by atoms with van der Waals surface area (Å²) in [6.07, 6.45) is 4.73. The number of benzene rings is 1. The molecule has 6 rings (SSSR count). The molecule has 1 aromatic rings. The molecule has 5 aliphatic rings. The summed E-state index contributed by atoms with van der Waals surface area (Å²) in [6, 6.07) is 0.841. The molecule has 6 atom stereocenters. The molecule has 1 saturated heterocycles. The Labute approximate surface area is 306 Å². The molecule has 0 bridgehead atoms. The number of carboxylic acid groups (broad SMARTS) is 1. The first-order chi connectivity index (χ1) is 25.2. The van der Waals surface area contributed by atoms with Crippen LogP contribution in [-0.2, 0) is 51.8 Å². The number of sulfonamides is 1. The highest BCUT2D eigenvalue weighted by atomic mass is 32.2. The van der Waals surface area contributed by atoms with Crippen molar-refractivity contribution in [2.45, 2.75) is 119 Å². The van der Waals surface area contributed by atoms with E-state index < -0.39 is 92.5 Å². The van der Waals surface area contributed by atoms with E-state index in [1.165, 1.54) is 21.9 Å². The molecular formula is C35H45FN6O10S. The van der Waals surface area contributed by atoms with E-state index in [1.54, 1.807) is 12.1 Å². The summed E-state index contributed by atoms with van der Waals surface area (Å²) in [5.41, 5.74) is 5.33. The van der Waals surface area contributed by atoms with Crippen molar-refractivity contribution >= 4 is 45.7 Å². The number of amides is 5. The Balaban J connectivity index is 1.24. The molecule has 3 aliphatic heterocycles. The maximum absolute atomic E-state index is 14.4. The number of aliphatic carboxylic acids is 1. The Morgan fingerprint density at radius 1 is 1.11 bits per heavy atom. The standard InChI is InChI=1S/C35H45FN6O10S/c36-25-9-6-7-20-17-41(19-24(20)25)34(49)52-22-15-28-31(46)39-35(33(48)40-53(50,51)23-11-12-23)16-21(35)8-4-2-1-3-5-10-27(32(47)42(28)18-22)38-30(45)26(37)13-14-29(43)44/h4,6-9,21-23,26-28H,1-3,5,10-19,37H2,(H,38,45)(H,39,46)(H,40,48)(H,43,44)/b8-4-/t21-,22-,26-,27+,28+,35-/m1/s1. The average Bonchev–Trinajstić information content (AvgIpc) is 3.99. The average molecular weight is 761 g/mol. The zero-order valence-corrected chi connectivity index (χ0v) is 29.9. The second-order valence-electron chi connectivity index (χ2n) is 14.6. The predicted octanol–water partition coefficient (Wildman–Crippen LogP) is 0.928. The number of carbonyl (C=O) groups excluding carboxylic acids is 5. The van der Waals surface area contributed by atoms with Crippen molar-refractivity contribution in [2.24, 2.45) is 11.7 Å². The van der Waals surface area contributed by atoms with Crippen molar-refractivity contribution in [3.05, 3.63) is 47.3 Å². The molecular weight excluding hydrogens is 715 g/mol. The summed E-state index contributed by atoms with van der Waals surface area (Å²) in [5.74, 6) is -5.19. The van der Waals surface area contributed by atoms with E-state index in [9.17, 15) is 41.6 Å². The number of hydrogen-bond donors (Lipinski definition) is 5. The van der Waals surface area contributed by atoms with E-state index >= 15 is 0 Å². The zero-order chi connectivity index (χ0) is 38.1. The molecule has 0 spiro atoms. The van der Waals surface area contributed by atoms with Gasteiger partial charge in [0.2, 0.25) is 27.7 Å². The zero-order valence-electron chi connectivity index (χ0n) is 29.1. The van der Waals surface area contributed by atoms with Crippen molar-refractivity contribution in [2.75, 3.05) is 6.54 Å². The van der Waals surface area contributed by atoms with Gasteiger partial charge in [0.15, 0.2) is 0 Å². The SMILES string of the molecule is N[C@H](CCC(=O)O)C(=O)N[C@H]1CCCCC/C=C\[C@@H]2C[C@@]2(C(=O)NS(=O)(=O)C2CC2)NC(=O)[C@@H]2C[C@@H](OC(=O)N3Cc4cccc(F)c4C3)CN2C1=O. The van der Waals surface area contributed by atoms with Gasteiger partial charge in [0, 0.05) is 30.9 Å². The lowest BCUT2D eigenvalue weighted by Crippen LogP contribution is -2.59. The van der Waals surface area contributed by atoms with Crippen molar-refractivity contribution in [3.8, 4) is 0 Å². The number of nitrogens with zero attached hydrogens (tertiary/aromatic N) is 2. The molecule has 16 nitrogen and oxygen atoms in total. The molecule has 1 aromatic carbocycles. The molecule has 0 aromatic heterocycles. The number of fused-ring (bicyclic) bond motifs is 3. The predicted molar refractivity (Wildman–Crippen MR) is 184 cm³/mol. The fourth-order valence-electron chi connectivity index (χ4n) is 7.26. The quantitative estimate of drug-likeness (QED) is 0.222. The highest BCUT2D eigenvalue weighted by Crippen LogP contribution is 2.46. The van der Waals surface area contributed by atoms with Crippen LogP contribution >= 0.6 is 0 Å². The number of halogens is 1. The summed E-state index contributed by atoms with van der Waals surface area (Å²) in [6.45, 7) is -0.196. The van der Waals surface area contributed by atoms with E-state index in [0.29, 0.717) is 49.7 Å². The van der Waals surface area contributed by atoms with E-state index in [1.807, 2.05) is 6.08 Å². The molecule has 0 unspecified atom stereocenters. The van der Waals surface area contributed by atoms with Gasteiger partial charge < -0.3 is 31.1 Å². The maximum Gasteiger partial charge on any atom is 0.410 e. The fraction of sp³-hybridized carbons (Fsp3) is 0.600. The molecule has 3 heterocycles. The van der Waals surface area contributed by atoms with Gasteiger partial charge in [-0.25, -0.2) is 17.6 Å². The molecule has 0 radical (unpaired) electrons. The van der Waals surface area contributed by atoms with E-state index in [-0.39, 0.29) is 51.7 Å². The third-order valence-electron chi connectivity index (χ3n) is 10.6. The smallest absolute Gasteiger partial charge is 0.410 e. The number of allylic oxidation sites excluding steroid dienone is 1. The highest BCUT2D eigenvalue weighted by molar-refractivity contribution is 7.91. The minimum absolute atomic E-state index is 0.0351. The van der Waals surface area contributed by atoms with Crippen molar-refractivity contribution < 1.29 is 51.4 Å². The lowest BCUT2D eigenvalue weighted by molar-refractivity contribution is -0.142. The summed E-state index contributed by atoms with van der Waals surface area (Å²) in [5, 5.41) is 13.7. The van der Waals surface area contributed by atoms with Gasteiger partial charge in [0.1, 0.15) is 29.5 Å². The molecule has 2 aliphatic carbocycles. The highest BCUT2D eigenvalue weighted by Gasteiger charge is 2.62. The van der Waals surface area contributed by atoms with Crippen LogP contribution in [0.2, 0.25) is 0 Å². The lowest BCUT2D eigenvalue weighted by Gasteiger charge is -2.30. The number of ether oxygens (including phenoxy) is 1. The minimum Gasteiger partial charge on any atom is -0.481 e. The van der Waals surface area contributed by atoms with E-state index in [0.717, 1.165) is 0 Å². The second kappa shape index (κ2) is 15.4. The van der Waals surface area contributed by atoms with Crippen LogP contribution in [0.1, 0.15) is 81.8 Å². The summed E-state index contributed by atoms with van der Waals surface area (Å²) >= 11 is 0. The van der Waals surface area contributed by atoms with Gasteiger partial charge in [-0.1, -0.05) is 37.1 Å². The third-order valence-corrected chi connectivity index (χ3v) is 12.4. The molecule has 18 heteroatoms. The first-order valence-corrected chi connectivity index (χ1v) is 19.6. The van der Waals surface area contributed by atoms with Gasteiger partial charge in [-0.3, -0.25) is 33.6 Å². The molecule has 53 heavy (non-hydrogen) atoms. The molecule has 2 saturated carbocycles. The van der Waals surface area contributed by atoms with Crippen molar-refractivity contribution in [1.82, 2.24) is 25.2 Å². The first-order valence-electron chi connectivity index (χ1n) is 18.0. The van der Waals surface area contributed by atoms with Crippen LogP contribution in [0.15, 0.2) is 30.4 Å². The van der Waals surface area contributed by atoms with Crippen LogP contribution in [0.5, 0.6) is 0 Å². The first kappa shape index (κ1) is 38.2. The summed E-state index contributed by atoms with van der Waals surface area (Å²) in [7, 11) is -3.95. The van der Waals surface area contributed by atoms with Gasteiger partial charge in [0.05, 0.1) is 24.4 Å². The topological polar surface area (TPSA) is 235 Å². The normalized spacial score (nSPS) is 28.6. The minimum atomic E-state index is -3.95. The molecule has 288 valence electrons. The monoisotopic (exact) mass is 760 g/mol. The van der Waals surface area contributed by atoms with Crippen LogP contribution in [-0.4, -0.2) is 101 Å². The number of carboxylic acids is 1. The van der Waals surface area contributed by atoms with Crippen LogP contribution in [0.25, 0.3) is 0 Å².